The third-order valence-corrected chi connectivity index (χ3v) is 6.00. The minimum absolute atomic E-state index is 0.0405. The van der Waals surface area contributed by atoms with Gasteiger partial charge in [0.1, 0.15) is 23.4 Å². The molecule has 38 heavy (non-hydrogen) atoms. The van der Waals surface area contributed by atoms with Gasteiger partial charge in [0, 0.05) is 24.6 Å². The van der Waals surface area contributed by atoms with Crippen molar-refractivity contribution in [1.29, 1.82) is 0 Å². The lowest BCUT2D eigenvalue weighted by Gasteiger charge is -2.37. The summed E-state index contributed by atoms with van der Waals surface area (Å²) in [5.41, 5.74) is 1.01. The number of phenolic OH excluding ortho intramolecular Hbond substituents is 1. The SMILES string of the molecule is CCCCNC(=O)C(c1cccc(C)c1O)N(C(=O)C(Cc1ccccc1)NC(=O)OC(C)(C)C)C(C)C. The van der Waals surface area contributed by atoms with E-state index in [1.54, 1.807) is 45.9 Å². The average Bonchev–Trinajstić information content (AvgIpc) is 2.83. The van der Waals surface area contributed by atoms with Crippen molar-refractivity contribution in [3.8, 4) is 5.75 Å². The van der Waals surface area contributed by atoms with E-state index in [9.17, 15) is 19.5 Å². The topological polar surface area (TPSA) is 108 Å². The zero-order chi connectivity index (χ0) is 28.5. The number of hydrogen-bond donors (Lipinski definition) is 3. The van der Waals surface area contributed by atoms with Gasteiger partial charge in [-0.3, -0.25) is 9.59 Å². The van der Waals surface area contributed by atoms with Crippen molar-refractivity contribution in [2.75, 3.05) is 6.54 Å². The Bertz CT molecular complexity index is 1080. The second kappa shape index (κ2) is 13.8. The number of para-hydroxylation sites is 1. The van der Waals surface area contributed by atoms with Gasteiger partial charge in [-0.2, -0.15) is 0 Å². The number of carbonyl (C=O) groups is 3. The van der Waals surface area contributed by atoms with Gasteiger partial charge < -0.3 is 25.4 Å². The number of aromatic hydroxyl groups is 1. The van der Waals surface area contributed by atoms with Crippen LogP contribution in [0.25, 0.3) is 0 Å². The Hall–Kier alpha value is -3.55. The summed E-state index contributed by atoms with van der Waals surface area (Å²) >= 11 is 0. The molecule has 8 nitrogen and oxygen atoms in total. The van der Waals surface area contributed by atoms with E-state index in [1.807, 2.05) is 51.1 Å². The highest BCUT2D eigenvalue weighted by Gasteiger charge is 2.39. The lowest BCUT2D eigenvalue weighted by Crippen LogP contribution is -2.55. The van der Waals surface area contributed by atoms with Crippen LogP contribution in [0.3, 0.4) is 0 Å². The van der Waals surface area contributed by atoms with E-state index in [4.69, 9.17) is 4.74 Å². The molecule has 3 N–H and O–H groups in total. The van der Waals surface area contributed by atoms with E-state index in [1.165, 1.54) is 4.90 Å². The molecule has 0 saturated carbocycles. The van der Waals surface area contributed by atoms with Gasteiger partial charge in [0.25, 0.3) is 0 Å². The Kier molecular flexibility index (Phi) is 11.2. The maximum Gasteiger partial charge on any atom is 0.408 e. The smallest absolute Gasteiger partial charge is 0.408 e. The molecule has 0 aliphatic heterocycles. The largest absolute Gasteiger partial charge is 0.507 e. The van der Waals surface area contributed by atoms with Gasteiger partial charge in [0.05, 0.1) is 0 Å². The Labute approximate surface area is 226 Å². The first-order valence-corrected chi connectivity index (χ1v) is 13.3. The summed E-state index contributed by atoms with van der Waals surface area (Å²) in [5.74, 6) is -0.885. The third-order valence-electron chi connectivity index (χ3n) is 6.00. The normalized spacial score (nSPS) is 12.9. The molecule has 0 aliphatic rings. The number of aryl methyl sites for hydroxylation is 1. The molecule has 0 radical (unpaired) electrons. The van der Waals surface area contributed by atoms with E-state index in [0.717, 1.165) is 18.4 Å². The quantitative estimate of drug-likeness (QED) is 0.357. The van der Waals surface area contributed by atoms with E-state index in [0.29, 0.717) is 17.7 Å². The van der Waals surface area contributed by atoms with Gasteiger partial charge in [-0.05, 0) is 59.1 Å². The highest BCUT2D eigenvalue weighted by Crippen LogP contribution is 2.33. The fourth-order valence-corrected chi connectivity index (χ4v) is 4.16. The van der Waals surface area contributed by atoms with Crippen LogP contribution < -0.4 is 10.6 Å². The van der Waals surface area contributed by atoms with Crippen molar-refractivity contribution in [3.05, 3.63) is 65.2 Å². The molecular weight excluding hydrogens is 482 g/mol. The monoisotopic (exact) mass is 525 g/mol. The van der Waals surface area contributed by atoms with E-state index in [2.05, 4.69) is 10.6 Å². The van der Waals surface area contributed by atoms with Gasteiger partial charge in [-0.15, -0.1) is 0 Å². The lowest BCUT2D eigenvalue weighted by atomic mass is 9.97. The first-order valence-electron chi connectivity index (χ1n) is 13.3. The molecule has 0 saturated heterocycles. The first-order chi connectivity index (χ1) is 17.9. The number of ether oxygens (including phenoxy) is 1. The third kappa shape index (κ3) is 8.78. The molecule has 2 unspecified atom stereocenters. The number of nitrogens with one attached hydrogen (secondary N) is 2. The number of hydrogen-bond acceptors (Lipinski definition) is 5. The van der Waals surface area contributed by atoms with E-state index >= 15 is 0 Å². The summed E-state index contributed by atoms with van der Waals surface area (Å²) in [5, 5.41) is 16.6. The summed E-state index contributed by atoms with van der Waals surface area (Å²) < 4.78 is 5.45. The predicted octanol–water partition coefficient (Wildman–Crippen LogP) is 5.03. The molecule has 0 aliphatic carbocycles. The Morgan fingerprint density at radius 2 is 1.68 bits per heavy atom. The number of rotatable bonds is 11. The number of phenols is 1. The highest BCUT2D eigenvalue weighted by atomic mass is 16.6. The second-order valence-corrected chi connectivity index (χ2v) is 10.8. The maximum atomic E-state index is 14.2. The zero-order valence-corrected chi connectivity index (χ0v) is 23.7. The van der Waals surface area contributed by atoms with Crippen LogP contribution in [0.1, 0.15) is 77.1 Å². The van der Waals surface area contributed by atoms with Crippen LogP contribution in [0.15, 0.2) is 48.5 Å². The molecule has 208 valence electrons. The number of nitrogens with zero attached hydrogens (tertiary/aromatic N) is 1. The van der Waals surface area contributed by atoms with Crippen molar-refractivity contribution in [2.45, 2.75) is 91.5 Å². The number of alkyl carbamates (subject to hydrolysis) is 1. The number of unbranched alkanes of at least 4 members (excludes halogenated alkanes) is 1. The average molecular weight is 526 g/mol. The fraction of sp³-hybridized carbons (Fsp3) is 0.500. The molecule has 2 rings (SSSR count). The minimum Gasteiger partial charge on any atom is -0.507 e. The Morgan fingerprint density at radius 1 is 1.03 bits per heavy atom. The van der Waals surface area contributed by atoms with Crippen LogP contribution in [0, 0.1) is 6.92 Å². The van der Waals surface area contributed by atoms with Crippen LogP contribution >= 0.6 is 0 Å². The van der Waals surface area contributed by atoms with Crippen molar-refractivity contribution in [2.24, 2.45) is 0 Å². The van der Waals surface area contributed by atoms with Crippen molar-refractivity contribution in [3.63, 3.8) is 0 Å². The molecule has 2 aromatic carbocycles. The van der Waals surface area contributed by atoms with Crippen molar-refractivity contribution >= 4 is 17.9 Å². The molecule has 0 bridgehead atoms. The van der Waals surface area contributed by atoms with Crippen LogP contribution in [0.5, 0.6) is 5.75 Å². The van der Waals surface area contributed by atoms with Gasteiger partial charge in [0.2, 0.25) is 11.8 Å². The minimum atomic E-state index is -1.10. The van der Waals surface area contributed by atoms with Crippen LogP contribution in [0.2, 0.25) is 0 Å². The zero-order valence-electron chi connectivity index (χ0n) is 23.7. The molecule has 3 amide bonds. The van der Waals surface area contributed by atoms with Gasteiger partial charge >= 0.3 is 6.09 Å². The van der Waals surface area contributed by atoms with Gasteiger partial charge in [-0.25, -0.2) is 4.79 Å². The van der Waals surface area contributed by atoms with Crippen LogP contribution in [0.4, 0.5) is 4.79 Å². The molecule has 2 aromatic rings. The Morgan fingerprint density at radius 3 is 2.26 bits per heavy atom. The molecule has 0 heterocycles. The van der Waals surface area contributed by atoms with E-state index < -0.39 is 41.6 Å². The Balaban J connectivity index is 2.55. The van der Waals surface area contributed by atoms with Crippen LogP contribution in [-0.4, -0.2) is 52.1 Å². The number of amides is 3. The summed E-state index contributed by atoms with van der Waals surface area (Å²) in [6.07, 6.45) is 1.15. The van der Waals surface area contributed by atoms with Gasteiger partial charge in [0.15, 0.2) is 0 Å². The first kappa shape index (κ1) is 30.7. The summed E-state index contributed by atoms with van der Waals surface area (Å²) in [4.78, 5) is 42.0. The maximum absolute atomic E-state index is 14.2. The summed E-state index contributed by atoms with van der Waals surface area (Å²) in [6, 6.07) is 12.0. The fourth-order valence-electron chi connectivity index (χ4n) is 4.16. The molecule has 0 fully saturated rings. The lowest BCUT2D eigenvalue weighted by molar-refractivity contribution is -0.144. The molecule has 0 aromatic heterocycles. The molecular formula is C30H43N3O5. The second-order valence-electron chi connectivity index (χ2n) is 10.8. The van der Waals surface area contributed by atoms with Crippen LogP contribution in [-0.2, 0) is 20.7 Å². The molecule has 8 heteroatoms. The predicted molar refractivity (Wildman–Crippen MR) is 149 cm³/mol. The molecule has 2 atom stereocenters. The molecule has 0 spiro atoms. The standard InChI is InChI=1S/C30H43N3O5/c1-8-9-18-31-27(35)25(23-17-13-14-21(4)26(23)34)33(20(2)3)28(36)24(19-22-15-11-10-12-16-22)32-29(37)38-30(5,6)7/h10-17,20,24-25,34H,8-9,18-19H2,1-7H3,(H,31,35)(H,32,37). The number of benzene rings is 2. The van der Waals surface area contributed by atoms with E-state index in [-0.39, 0.29) is 12.2 Å². The van der Waals surface area contributed by atoms with Crippen molar-refractivity contribution in [1.82, 2.24) is 15.5 Å². The summed E-state index contributed by atoms with van der Waals surface area (Å²) in [7, 11) is 0. The highest BCUT2D eigenvalue weighted by molar-refractivity contribution is 5.93. The van der Waals surface area contributed by atoms with Gasteiger partial charge in [-0.1, -0.05) is 61.9 Å². The number of carbonyl (C=O) groups excluding carboxylic acids is 3. The van der Waals surface area contributed by atoms with Crippen molar-refractivity contribution < 1.29 is 24.2 Å². The summed E-state index contributed by atoms with van der Waals surface area (Å²) in [6.45, 7) is 13.1.